The second-order valence-electron chi connectivity index (χ2n) is 4.68. The number of amides is 1. The van der Waals surface area contributed by atoms with Gasteiger partial charge in [0.15, 0.2) is 0 Å². The Morgan fingerprint density at radius 3 is 2.88 bits per heavy atom. The lowest BCUT2D eigenvalue weighted by Gasteiger charge is -2.17. The first-order chi connectivity index (χ1) is 7.68. The van der Waals surface area contributed by atoms with Crippen LogP contribution >= 0.6 is 0 Å². The fraction of sp³-hybridized carbons (Fsp3) is 0.909. The van der Waals surface area contributed by atoms with E-state index < -0.39 is 0 Å². The highest BCUT2D eigenvalue weighted by Gasteiger charge is 2.32. The molecular weight excluding hydrogens is 208 g/mol. The van der Waals surface area contributed by atoms with Gasteiger partial charge in [-0.25, -0.2) is 0 Å². The molecule has 0 spiro atoms. The van der Waals surface area contributed by atoms with Crippen molar-refractivity contribution in [3.63, 3.8) is 0 Å². The van der Waals surface area contributed by atoms with Crippen LogP contribution in [0.4, 0.5) is 0 Å². The van der Waals surface area contributed by atoms with E-state index in [0.717, 1.165) is 13.0 Å². The van der Waals surface area contributed by atoms with Crippen molar-refractivity contribution in [2.24, 2.45) is 17.6 Å². The lowest BCUT2D eigenvalue weighted by molar-refractivity contribution is -0.125. The maximum absolute atomic E-state index is 11.8. The molecule has 1 amide bonds. The van der Waals surface area contributed by atoms with Gasteiger partial charge in [-0.1, -0.05) is 0 Å². The van der Waals surface area contributed by atoms with E-state index in [4.69, 9.17) is 15.2 Å². The number of hydrogen-bond donors (Lipinski definition) is 2. The lowest BCUT2D eigenvalue weighted by Crippen LogP contribution is -2.43. The first kappa shape index (κ1) is 11.8. The smallest absolute Gasteiger partial charge is 0.227 e. The number of ether oxygens (including phenoxy) is 2. The molecule has 0 saturated carbocycles. The average Bonchev–Trinajstić information content (AvgIpc) is 2.84. The summed E-state index contributed by atoms with van der Waals surface area (Å²) in [6.07, 6.45) is 1.27. The Bertz CT molecular complexity index is 260. The van der Waals surface area contributed by atoms with Gasteiger partial charge in [0.1, 0.15) is 0 Å². The van der Waals surface area contributed by atoms with Crippen molar-refractivity contribution in [3.8, 4) is 0 Å². The highest BCUT2D eigenvalue weighted by molar-refractivity contribution is 5.79. The van der Waals surface area contributed by atoms with Crippen LogP contribution in [0, 0.1) is 11.8 Å². The zero-order chi connectivity index (χ0) is 11.5. The first-order valence-electron chi connectivity index (χ1n) is 5.91. The molecule has 2 fully saturated rings. The van der Waals surface area contributed by atoms with Crippen LogP contribution in [-0.2, 0) is 14.3 Å². The molecule has 16 heavy (non-hydrogen) atoms. The molecule has 3 N–H and O–H groups in total. The van der Waals surface area contributed by atoms with Gasteiger partial charge in [0.05, 0.1) is 25.2 Å². The minimum absolute atomic E-state index is 0.0177. The second kappa shape index (κ2) is 5.12. The molecule has 2 heterocycles. The molecule has 0 radical (unpaired) electrons. The van der Waals surface area contributed by atoms with Crippen LogP contribution in [0.2, 0.25) is 0 Å². The van der Waals surface area contributed by atoms with Crippen LogP contribution in [0.5, 0.6) is 0 Å². The van der Waals surface area contributed by atoms with Crippen LogP contribution in [0.15, 0.2) is 0 Å². The van der Waals surface area contributed by atoms with Crippen molar-refractivity contribution in [1.82, 2.24) is 5.32 Å². The summed E-state index contributed by atoms with van der Waals surface area (Å²) in [5.41, 5.74) is 5.78. The lowest BCUT2D eigenvalue weighted by atomic mass is 10.0. The quantitative estimate of drug-likeness (QED) is 0.683. The summed E-state index contributed by atoms with van der Waals surface area (Å²) in [6.45, 7) is 4.47. The van der Waals surface area contributed by atoms with Gasteiger partial charge in [0.2, 0.25) is 5.91 Å². The van der Waals surface area contributed by atoms with E-state index >= 15 is 0 Å². The molecule has 2 aliphatic rings. The van der Waals surface area contributed by atoms with E-state index in [1.54, 1.807) is 0 Å². The van der Waals surface area contributed by atoms with Crippen molar-refractivity contribution in [2.75, 3.05) is 26.4 Å². The number of nitrogens with two attached hydrogens (primary N) is 1. The summed E-state index contributed by atoms with van der Waals surface area (Å²) in [7, 11) is 0. The number of nitrogens with one attached hydrogen (secondary N) is 1. The molecule has 0 bridgehead atoms. The van der Waals surface area contributed by atoms with Gasteiger partial charge >= 0.3 is 0 Å². The van der Waals surface area contributed by atoms with E-state index in [1.807, 2.05) is 6.92 Å². The molecule has 0 aromatic carbocycles. The van der Waals surface area contributed by atoms with Crippen LogP contribution < -0.4 is 11.1 Å². The van der Waals surface area contributed by atoms with E-state index in [9.17, 15) is 4.79 Å². The predicted molar refractivity (Wildman–Crippen MR) is 58.8 cm³/mol. The summed E-state index contributed by atoms with van der Waals surface area (Å²) in [4.78, 5) is 11.8. The van der Waals surface area contributed by atoms with Gasteiger partial charge in [0.25, 0.3) is 0 Å². The van der Waals surface area contributed by atoms with Crippen molar-refractivity contribution in [1.29, 1.82) is 0 Å². The average molecular weight is 228 g/mol. The maximum atomic E-state index is 11.8. The van der Waals surface area contributed by atoms with E-state index in [2.05, 4.69) is 5.32 Å². The number of hydrogen-bond acceptors (Lipinski definition) is 4. The predicted octanol–water partition coefficient (Wildman–Crippen LogP) is -0.499. The van der Waals surface area contributed by atoms with Gasteiger partial charge in [-0.05, 0) is 13.3 Å². The number of carbonyl (C=O) groups excluding carboxylic acids is 1. The zero-order valence-corrected chi connectivity index (χ0v) is 9.65. The van der Waals surface area contributed by atoms with E-state index in [1.165, 1.54) is 0 Å². The topological polar surface area (TPSA) is 73.6 Å². The van der Waals surface area contributed by atoms with Crippen LogP contribution in [0.25, 0.3) is 0 Å². The second-order valence-corrected chi connectivity index (χ2v) is 4.68. The number of rotatable bonds is 3. The minimum Gasteiger partial charge on any atom is -0.379 e. The molecule has 0 aromatic rings. The summed E-state index contributed by atoms with van der Waals surface area (Å²) in [5, 5.41) is 2.95. The highest BCUT2D eigenvalue weighted by atomic mass is 16.5. The van der Waals surface area contributed by atoms with Gasteiger partial charge in [0, 0.05) is 25.1 Å². The third-order valence-corrected chi connectivity index (χ3v) is 3.53. The third kappa shape index (κ3) is 2.53. The Balaban J connectivity index is 1.75. The Kier molecular flexibility index (Phi) is 3.78. The van der Waals surface area contributed by atoms with E-state index in [-0.39, 0.29) is 24.0 Å². The summed E-state index contributed by atoms with van der Waals surface area (Å²) in [5.74, 6) is 0.268. The van der Waals surface area contributed by atoms with Gasteiger partial charge in [-0.2, -0.15) is 0 Å². The van der Waals surface area contributed by atoms with Gasteiger partial charge in [-0.3, -0.25) is 4.79 Å². The van der Waals surface area contributed by atoms with Crippen molar-refractivity contribution < 1.29 is 14.3 Å². The molecule has 4 unspecified atom stereocenters. The van der Waals surface area contributed by atoms with Crippen molar-refractivity contribution in [2.45, 2.75) is 25.5 Å². The molecule has 2 aliphatic heterocycles. The normalized spacial score (nSPS) is 38.9. The van der Waals surface area contributed by atoms with Crippen LogP contribution in [0.1, 0.15) is 13.3 Å². The van der Waals surface area contributed by atoms with Gasteiger partial charge < -0.3 is 20.5 Å². The molecule has 2 rings (SSSR count). The number of carbonyl (C=O) groups is 1. The summed E-state index contributed by atoms with van der Waals surface area (Å²) >= 11 is 0. The molecule has 4 atom stereocenters. The molecule has 5 nitrogen and oxygen atoms in total. The summed E-state index contributed by atoms with van der Waals surface area (Å²) < 4.78 is 10.6. The van der Waals surface area contributed by atoms with Gasteiger partial charge in [-0.15, -0.1) is 0 Å². The van der Waals surface area contributed by atoms with Crippen molar-refractivity contribution >= 4 is 5.91 Å². The first-order valence-corrected chi connectivity index (χ1v) is 5.91. The largest absolute Gasteiger partial charge is 0.379 e. The molecule has 5 heteroatoms. The Hall–Kier alpha value is -0.650. The Morgan fingerprint density at radius 2 is 2.31 bits per heavy atom. The fourth-order valence-corrected chi connectivity index (χ4v) is 2.25. The maximum Gasteiger partial charge on any atom is 0.227 e. The molecular formula is C11H20N2O3. The summed E-state index contributed by atoms with van der Waals surface area (Å²) in [6, 6.07) is -0.155. The zero-order valence-electron chi connectivity index (χ0n) is 9.65. The molecule has 2 saturated heterocycles. The van der Waals surface area contributed by atoms with Crippen LogP contribution in [0.3, 0.4) is 0 Å². The van der Waals surface area contributed by atoms with E-state index in [0.29, 0.717) is 25.7 Å². The van der Waals surface area contributed by atoms with Crippen molar-refractivity contribution in [3.05, 3.63) is 0 Å². The molecule has 0 aliphatic carbocycles. The Morgan fingerprint density at radius 1 is 1.50 bits per heavy atom. The van der Waals surface area contributed by atoms with Crippen LogP contribution in [-0.4, -0.2) is 44.4 Å². The molecule has 0 aromatic heterocycles. The Labute approximate surface area is 95.7 Å². The molecule has 92 valence electrons. The third-order valence-electron chi connectivity index (χ3n) is 3.53. The minimum atomic E-state index is -0.183. The fourth-order valence-electron chi connectivity index (χ4n) is 2.25. The monoisotopic (exact) mass is 228 g/mol. The highest BCUT2D eigenvalue weighted by Crippen LogP contribution is 2.19. The SMILES string of the molecule is CC1OCCC1CNC(=O)C1COCC1N. The standard InChI is InChI=1S/C11H20N2O3/c1-7-8(2-3-16-7)4-13-11(14)9-5-15-6-10(9)12/h7-10H,2-6,12H2,1H3,(H,13,14).